The number of nitro groups is 1. The zero-order valence-electron chi connectivity index (χ0n) is 11.0. The largest absolute Gasteiger partial charge is 0.378 e. The van der Waals surface area contributed by atoms with Gasteiger partial charge in [-0.2, -0.15) is 0 Å². The minimum atomic E-state index is -0.518. The molecule has 0 spiro atoms. The molecule has 2 unspecified atom stereocenters. The molecule has 1 N–H and O–H groups in total. The highest BCUT2D eigenvalue weighted by Gasteiger charge is 2.25. The van der Waals surface area contributed by atoms with E-state index in [-0.39, 0.29) is 29.2 Å². The number of nitro benzene ring substituents is 1. The van der Waals surface area contributed by atoms with E-state index in [0.717, 1.165) is 6.42 Å². The summed E-state index contributed by atoms with van der Waals surface area (Å²) in [6.07, 6.45) is 1.04. The fourth-order valence-corrected chi connectivity index (χ4v) is 2.59. The number of carbonyl (C=O) groups is 1. The van der Waals surface area contributed by atoms with Gasteiger partial charge < -0.3 is 10.1 Å². The fourth-order valence-electron chi connectivity index (χ4n) is 2.16. The number of amides is 1. The van der Waals surface area contributed by atoms with Crippen LogP contribution < -0.4 is 5.32 Å². The van der Waals surface area contributed by atoms with Gasteiger partial charge in [-0.25, -0.2) is 0 Å². The van der Waals surface area contributed by atoms with Crippen molar-refractivity contribution in [3.8, 4) is 0 Å². The number of non-ortho nitro benzene ring substituents is 1. The monoisotopic (exact) mass is 342 g/mol. The van der Waals surface area contributed by atoms with Gasteiger partial charge in [0.05, 0.1) is 16.6 Å². The van der Waals surface area contributed by atoms with E-state index in [1.54, 1.807) is 0 Å². The third-order valence-electron chi connectivity index (χ3n) is 3.46. The van der Waals surface area contributed by atoms with Crippen LogP contribution in [0.3, 0.4) is 0 Å². The summed E-state index contributed by atoms with van der Waals surface area (Å²) in [4.78, 5) is 22.3. The van der Waals surface area contributed by atoms with Crippen LogP contribution in [-0.2, 0) is 4.74 Å². The Morgan fingerprint density at radius 2 is 2.35 bits per heavy atom. The number of ether oxygens (including phenoxy) is 1. The van der Waals surface area contributed by atoms with Crippen LogP contribution in [0, 0.1) is 16.0 Å². The van der Waals surface area contributed by atoms with Gasteiger partial charge in [0.1, 0.15) is 0 Å². The summed E-state index contributed by atoms with van der Waals surface area (Å²) >= 11 is 3.24. The van der Waals surface area contributed by atoms with Gasteiger partial charge in [-0.1, -0.05) is 0 Å². The van der Waals surface area contributed by atoms with Crippen LogP contribution in [0.15, 0.2) is 22.7 Å². The summed E-state index contributed by atoms with van der Waals surface area (Å²) in [7, 11) is 0. The SMILES string of the molecule is CC1OCCC1CNC(=O)c1cc([N+](=O)[O-])ccc1Br. The third kappa shape index (κ3) is 3.34. The Balaban J connectivity index is 2.05. The molecule has 20 heavy (non-hydrogen) atoms. The normalized spacial score (nSPS) is 21.7. The molecular weight excluding hydrogens is 328 g/mol. The molecule has 1 aromatic rings. The minimum absolute atomic E-state index is 0.101. The molecule has 0 radical (unpaired) electrons. The number of hydrogen-bond acceptors (Lipinski definition) is 4. The van der Waals surface area contributed by atoms with Gasteiger partial charge in [-0.15, -0.1) is 0 Å². The van der Waals surface area contributed by atoms with E-state index >= 15 is 0 Å². The van der Waals surface area contributed by atoms with Gasteiger partial charge >= 0.3 is 0 Å². The lowest BCUT2D eigenvalue weighted by molar-refractivity contribution is -0.384. The van der Waals surface area contributed by atoms with E-state index in [4.69, 9.17) is 4.74 Å². The van der Waals surface area contributed by atoms with Gasteiger partial charge in [0.15, 0.2) is 0 Å². The second-order valence-electron chi connectivity index (χ2n) is 4.76. The molecule has 7 heteroatoms. The number of rotatable bonds is 4. The van der Waals surface area contributed by atoms with Gasteiger partial charge in [0, 0.05) is 35.7 Å². The Hall–Kier alpha value is -1.47. The van der Waals surface area contributed by atoms with E-state index in [2.05, 4.69) is 21.2 Å². The van der Waals surface area contributed by atoms with Crippen molar-refractivity contribution in [2.24, 2.45) is 5.92 Å². The lowest BCUT2D eigenvalue weighted by Crippen LogP contribution is -2.32. The lowest BCUT2D eigenvalue weighted by atomic mass is 10.0. The lowest BCUT2D eigenvalue weighted by Gasteiger charge is -2.15. The summed E-state index contributed by atoms with van der Waals surface area (Å²) in [5, 5.41) is 13.5. The van der Waals surface area contributed by atoms with Crippen LogP contribution in [-0.4, -0.2) is 30.1 Å². The standard InChI is InChI=1S/C13H15BrN2O4/c1-8-9(4-5-20-8)7-15-13(17)11-6-10(16(18)19)2-3-12(11)14/h2-3,6,8-9H,4-5,7H2,1H3,(H,15,17). The smallest absolute Gasteiger partial charge is 0.270 e. The predicted octanol–water partition coefficient (Wildman–Crippen LogP) is 2.51. The van der Waals surface area contributed by atoms with Crippen molar-refractivity contribution in [2.45, 2.75) is 19.4 Å². The van der Waals surface area contributed by atoms with Crippen molar-refractivity contribution < 1.29 is 14.5 Å². The van der Waals surface area contributed by atoms with Crippen LogP contribution >= 0.6 is 15.9 Å². The zero-order chi connectivity index (χ0) is 14.7. The van der Waals surface area contributed by atoms with Gasteiger partial charge in [-0.3, -0.25) is 14.9 Å². The molecule has 1 saturated heterocycles. The van der Waals surface area contributed by atoms with Crippen molar-refractivity contribution in [2.75, 3.05) is 13.2 Å². The Morgan fingerprint density at radius 1 is 1.60 bits per heavy atom. The van der Waals surface area contributed by atoms with Gasteiger partial charge in [0.2, 0.25) is 0 Å². The summed E-state index contributed by atoms with van der Waals surface area (Å²) in [5.41, 5.74) is 0.168. The molecule has 0 saturated carbocycles. The van der Waals surface area contributed by atoms with E-state index in [1.165, 1.54) is 18.2 Å². The number of nitrogens with one attached hydrogen (secondary N) is 1. The van der Waals surface area contributed by atoms with Crippen molar-refractivity contribution in [1.82, 2.24) is 5.32 Å². The molecule has 1 amide bonds. The summed E-state index contributed by atoms with van der Waals surface area (Å²) < 4.78 is 5.97. The summed E-state index contributed by atoms with van der Waals surface area (Å²) in [6, 6.07) is 4.14. The first-order valence-electron chi connectivity index (χ1n) is 6.33. The van der Waals surface area contributed by atoms with Crippen LogP contribution in [0.2, 0.25) is 0 Å². The first-order chi connectivity index (χ1) is 9.49. The Labute approximate surface area is 124 Å². The molecule has 1 heterocycles. The number of carbonyl (C=O) groups excluding carboxylic acids is 1. The average molecular weight is 343 g/mol. The van der Waals surface area contributed by atoms with E-state index < -0.39 is 4.92 Å². The molecule has 6 nitrogen and oxygen atoms in total. The van der Waals surface area contributed by atoms with E-state index in [9.17, 15) is 14.9 Å². The number of benzene rings is 1. The molecule has 0 bridgehead atoms. The molecule has 0 aromatic heterocycles. The average Bonchev–Trinajstić information content (AvgIpc) is 2.81. The maximum atomic E-state index is 12.1. The second-order valence-corrected chi connectivity index (χ2v) is 5.61. The molecule has 0 aliphatic carbocycles. The Morgan fingerprint density at radius 3 is 2.95 bits per heavy atom. The highest BCUT2D eigenvalue weighted by Crippen LogP contribution is 2.23. The summed E-state index contributed by atoms with van der Waals surface area (Å²) in [5.74, 6) is -0.0314. The molecule has 1 aliphatic rings. The Bertz CT molecular complexity index is 535. The van der Waals surface area contributed by atoms with Crippen LogP contribution in [0.4, 0.5) is 5.69 Å². The quantitative estimate of drug-likeness (QED) is 0.673. The summed E-state index contributed by atoms with van der Waals surface area (Å²) in [6.45, 7) is 3.20. The fraction of sp³-hybridized carbons (Fsp3) is 0.462. The molecule has 2 atom stereocenters. The van der Waals surface area contributed by atoms with Crippen molar-refractivity contribution in [1.29, 1.82) is 0 Å². The number of hydrogen-bond donors (Lipinski definition) is 1. The van der Waals surface area contributed by atoms with E-state index in [1.807, 2.05) is 6.92 Å². The molecule has 1 aliphatic heterocycles. The molecule has 1 fully saturated rings. The molecule has 108 valence electrons. The zero-order valence-corrected chi connectivity index (χ0v) is 12.6. The first kappa shape index (κ1) is 14.9. The van der Waals surface area contributed by atoms with Gasteiger partial charge in [-0.05, 0) is 35.3 Å². The predicted molar refractivity (Wildman–Crippen MR) is 76.7 cm³/mol. The Kier molecular flexibility index (Phi) is 4.72. The highest BCUT2D eigenvalue weighted by atomic mass is 79.9. The van der Waals surface area contributed by atoms with Crippen molar-refractivity contribution in [3.63, 3.8) is 0 Å². The number of halogens is 1. The van der Waals surface area contributed by atoms with Crippen molar-refractivity contribution in [3.05, 3.63) is 38.3 Å². The van der Waals surface area contributed by atoms with Gasteiger partial charge in [0.25, 0.3) is 11.6 Å². The van der Waals surface area contributed by atoms with Crippen LogP contribution in [0.5, 0.6) is 0 Å². The van der Waals surface area contributed by atoms with Crippen LogP contribution in [0.25, 0.3) is 0 Å². The molecule has 2 rings (SSSR count). The number of nitrogens with zero attached hydrogens (tertiary/aromatic N) is 1. The first-order valence-corrected chi connectivity index (χ1v) is 7.12. The molecule has 1 aromatic carbocycles. The highest BCUT2D eigenvalue weighted by molar-refractivity contribution is 9.10. The second kappa shape index (κ2) is 6.32. The van der Waals surface area contributed by atoms with Crippen molar-refractivity contribution >= 4 is 27.5 Å². The topological polar surface area (TPSA) is 81.5 Å². The third-order valence-corrected chi connectivity index (χ3v) is 4.15. The maximum Gasteiger partial charge on any atom is 0.270 e. The minimum Gasteiger partial charge on any atom is -0.378 e. The molecular formula is C13H15BrN2O4. The van der Waals surface area contributed by atoms with Crippen LogP contribution in [0.1, 0.15) is 23.7 Å². The maximum absolute atomic E-state index is 12.1. The van der Waals surface area contributed by atoms with E-state index in [0.29, 0.717) is 17.6 Å².